The molecule has 1 atom stereocenters. The highest BCUT2D eigenvalue weighted by Gasteiger charge is 2.26. The summed E-state index contributed by atoms with van der Waals surface area (Å²) in [5, 5.41) is 13.3. The van der Waals surface area contributed by atoms with Crippen molar-refractivity contribution in [1.82, 2.24) is 25.6 Å². The van der Waals surface area contributed by atoms with Gasteiger partial charge in [-0.2, -0.15) is 11.3 Å². The van der Waals surface area contributed by atoms with Crippen LogP contribution in [-0.2, 0) is 4.79 Å². The Morgan fingerprint density at radius 1 is 1.09 bits per heavy atom. The average molecular weight is 507 g/mol. The van der Waals surface area contributed by atoms with Crippen molar-refractivity contribution in [3.05, 3.63) is 63.6 Å². The number of rotatable bonds is 7. The lowest BCUT2D eigenvalue weighted by Crippen LogP contribution is -2.38. The van der Waals surface area contributed by atoms with Gasteiger partial charge in [0.15, 0.2) is 0 Å². The molecule has 3 aromatic rings. The van der Waals surface area contributed by atoms with E-state index < -0.39 is 0 Å². The van der Waals surface area contributed by atoms with Crippen LogP contribution in [0, 0.1) is 0 Å². The van der Waals surface area contributed by atoms with Crippen LogP contribution in [0.25, 0.3) is 17.3 Å². The number of amides is 2. The van der Waals surface area contributed by atoms with Gasteiger partial charge in [-0.3, -0.25) is 19.9 Å². The van der Waals surface area contributed by atoms with Crippen LogP contribution in [0.5, 0.6) is 0 Å². The smallest absolute Gasteiger partial charge is 0.290 e. The van der Waals surface area contributed by atoms with Gasteiger partial charge in [-0.1, -0.05) is 6.07 Å². The zero-order valence-corrected chi connectivity index (χ0v) is 20.9. The van der Waals surface area contributed by atoms with E-state index in [1.54, 1.807) is 29.7 Å². The summed E-state index contributed by atoms with van der Waals surface area (Å²) in [5.41, 5.74) is 3.83. The summed E-state index contributed by atoms with van der Waals surface area (Å²) in [7, 11) is 0. The fourth-order valence-corrected chi connectivity index (χ4v) is 5.68. The minimum Gasteiger partial charge on any atom is -0.351 e. The predicted molar refractivity (Wildman–Crippen MR) is 140 cm³/mol. The predicted octanol–water partition coefficient (Wildman–Crippen LogP) is 5.00. The molecule has 1 aliphatic carbocycles. The fraction of sp³-hybridized carbons (Fsp3) is 0.320. The number of anilines is 1. The second-order valence-corrected chi connectivity index (χ2v) is 10.5. The van der Waals surface area contributed by atoms with Crippen molar-refractivity contribution in [2.24, 2.45) is 0 Å². The number of nitrogens with zero attached hydrogens (tertiary/aromatic N) is 3. The molecular weight excluding hydrogens is 480 g/mol. The van der Waals surface area contributed by atoms with E-state index in [9.17, 15) is 9.59 Å². The van der Waals surface area contributed by atoms with Gasteiger partial charge in [0.2, 0.25) is 5.95 Å². The van der Waals surface area contributed by atoms with Crippen molar-refractivity contribution in [2.45, 2.75) is 50.7 Å². The monoisotopic (exact) mass is 506 g/mol. The van der Waals surface area contributed by atoms with Crippen LogP contribution in [0.3, 0.4) is 0 Å². The molecule has 4 heterocycles. The van der Waals surface area contributed by atoms with E-state index >= 15 is 0 Å². The highest BCUT2D eigenvalue weighted by molar-refractivity contribution is 8.18. The molecule has 1 saturated carbocycles. The minimum absolute atomic E-state index is 0.175. The Hall–Kier alpha value is -3.08. The molecule has 5 rings (SSSR count). The molecule has 8 nitrogen and oxygen atoms in total. The number of thiophene rings is 1. The van der Waals surface area contributed by atoms with Gasteiger partial charge in [0.05, 0.1) is 22.0 Å². The molecule has 1 aliphatic heterocycles. The first-order chi connectivity index (χ1) is 17.0. The molecule has 2 fully saturated rings. The number of carbonyl (C=O) groups is 2. The molecule has 1 saturated heterocycles. The lowest BCUT2D eigenvalue weighted by atomic mass is 9.90. The quantitative estimate of drug-likeness (QED) is 0.384. The van der Waals surface area contributed by atoms with Gasteiger partial charge in [-0.05, 0) is 80.1 Å². The van der Waals surface area contributed by atoms with Crippen molar-refractivity contribution in [3.8, 4) is 11.3 Å². The third-order valence-corrected chi connectivity index (χ3v) is 7.67. The van der Waals surface area contributed by atoms with Crippen LogP contribution >= 0.6 is 23.1 Å². The topological polar surface area (TPSA) is 109 Å². The van der Waals surface area contributed by atoms with Crippen molar-refractivity contribution < 1.29 is 9.59 Å². The molecule has 0 radical (unpaired) electrons. The average Bonchev–Trinajstić information content (AvgIpc) is 3.50. The van der Waals surface area contributed by atoms with Crippen LogP contribution in [-0.4, -0.2) is 38.2 Å². The number of imide groups is 1. The summed E-state index contributed by atoms with van der Waals surface area (Å²) in [6.45, 7) is 2.17. The Morgan fingerprint density at radius 2 is 1.91 bits per heavy atom. The number of hydrogen-bond donors (Lipinski definition) is 3. The molecule has 0 aromatic carbocycles. The van der Waals surface area contributed by atoms with E-state index in [-0.39, 0.29) is 23.2 Å². The molecule has 35 heavy (non-hydrogen) atoms. The molecule has 0 spiro atoms. The summed E-state index contributed by atoms with van der Waals surface area (Å²) in [6, 6.07) is 10.9. The zero-order valence-electron chi connectivity index (χ0n) is 19.2. The van der Waals surface area contributed by atoms with Crippen molar-refractivity contribution in [2.75, 3.05) is 5.32 Å². The van der Waals surface area contributed by atoms with Gasteiger partial charge in [-0.15, -0.1) is 0 Å². The highest BCUT2D eigenvalue weighted by Crippen LogP contribution is 2.27. The van der Waals surface area contributed by atoms with Crippen LogP contribution in [0.4, 0.5) is 10.7 Å². The number of carbonyl (C=O) groups excluding carboxylic acids is 2. The third-order valence-electron chi connectivity index (χ3n) is 6.18. The largest absolute Gasteiger partial charge is 0.351 e. The first kappa shape index (κ1) is 23.7. The van der Waals surface area contributed by atoms with E-state index in [4.69, 9.17) is 4.98 Å². The minimum atomic E-state index is -0.387. The molecule has 0 bridgehead atoms. The highest BCUT2D eigenvalue weighted by atomic mass is 32.2. The summed E-state index contributed by atoms with van der Waals surface area (Å²) in [4.78, 5) is 37.2. The number of thioether (sulfide) groups is 1. The lowest BCUT2D eigenvalue weighted by Gasteiger charge is -2.31. The first-order valence-corrected chi connectivity index (χ1v) is 13.4. The maximum atomic E-state index is 11.8. The number of hydrogen-bond acceptors (Lipinski definition) is 9. The van der Waals surface area contributed by atoms with Gasteiger partial charge in [0, 0.05) is 35.3 Å². The Morgan fingerprint density at radius 3 is 2.66 bits per heavy atom. The fourth-order valence-electron chi connectivity index (χ4n) is 4.37. The first-order valence-electron chi connectivity index (χ1n) is 11.6. The lowest BCUT2D eigenvalue weighted by molar-refractivity contribution is -0.115. The van der Waals surface area contributed by atoms with Crippen molar-refractivity contribution >= 4 is 46.3 Å². The van der Waals surface area contributed by atoms with Gasteiger partial charge < -0.3 is 10.6 Å². The van der Waals surface area contributed by atoms with E-state index in [2.05, 4.69) is 67.9 Å². The molecule has 2 aliphatic rings. The zero-order chi connectivity index (χ0) is 24.2. The Kier molecular flexibility index (Phi) is 7.21. The number of aromatic nitrogens is 3. The molecule has 2 amide bonds. The van der Waals surface area contributed by atoms with Gasteiger partial charge in [0.1, 0.15) is 0 Å². The molecule has 10 heteroatoms. The van der Waals surface area contributed by atoms with Gasteiger partial charge in [-0.25, -0.2) is 9.97 Å². The maximum Gasteiger partial charge on any atom is 0.290 e. The van der Waals surface area contributed by atoms with E-state index in [1.165, 1.54) is 0 Å². The molecule has 3 aromatic heterocycles. The SMILES string of the molecule is CC(N[C@H]1CC[C@@H](Nc2nccc(C=C3SC(=O)NC3=O)n2)CC1)c1cccc(-c2ccsc2)n1. The summed E-state index contributed by atoms with van der Waals surface area (Å²) in [6.07, 6.45) is 7.39. The van der Waals surface area contributed by atoms with Crippen LogP contribution in [0.1, 0.15) is 50.0 Å². The van der Waals surface area contributed by atoms with Crippen molar-refractivity contribution in [1.29, 1.82) is 0 Å². The Bertz CT molecular complexity index is 1240. The number of nitrogens with one attached hydrogen (secondary N) is 3. The second kappa shape index (κ2) is 10.7. The van der Waals surface area contributed by atoms with E-state index in [0.29, 0.717) is 22.6 Å². The standard InChI is InChI=1S/C25H26N6O2S2/c1-15(20-3-2-4-21(30-20)16-10-12-34-14-16)27-17-5-7-18(8-6-17)28-24-26-11-9-19(29-24)13-22-23(32)31-25(33)35-22/h2-4,9-15,17-18,27H,5-8H2,1H3,(H,26,28,29)(H,31,32,33)/t15?,17-,18+. The summed E-state index contributed by atoms with van der Waals surface area (Å²) in [5.74, 6) is 0.148. The van der Waals surface area contributed by atoms with E-state index in [0.717, 1.165) is 54.4 Å². The Labute approximate surface area is 212 Å². The van der Waals surface area contributed by atoms with E-state index in [1.807, 2.05) is 0 Å². The van der Waals surface area contributed by atoms with Gasteiger partial charge >= 0.3 is 0 Å². The molecule has 1 unspecified atom stereocenters. The Balaban J connectivity index is 1.14. The van der Waals surface area contributed by atoms with Crippen LogP contribution < -0.4 is 16.0 Å². The normalized spacial score (nSPS) is 22.3. The maximum absolute atomic E-state index is 11.8. The van der Waals surface area contributed by atoms with Gasteiger partial charge in [0.25, 0.3) is 11.1 Å². The summed E-state index contributed by atoms with van der Waals surface area (Å²) >= 11 is 2.57. The molecule has 3 N–H and O–H groups in total. The number of pyridine rings is 1. The van der Waals surface area contributed by atoms with Crippen LogP contribution in [0.2, 0.25) is 0 Å². The van der Waals surface area contributed by atoms with Crippen molar-refractivity contribution in [3.63, 3.8) is 0 Å². The third kappa shape index (κ3) is 5.95. The molecular formula is C25H26N6O2S2. The second-order valence-electron chi connectivity index (χ2n) is 8.70. The molecule has 180 valence electrons. The summed E-state index contributed by atoms with van der Waals surface area (Å²) < 4.78 is 0. The van der Waals surface area contributed by atoms with Crippen LogP contribution in [0.15, 0.2) is 52.2 Å².